The quantitative estimate of drug-likeness (QED) is 0.0940. The van der Waals surface area contributed by atoms with Crippen LogP contribution in [0.3, 0.4) is 0 Å². The third-order valence-electron chi connectivity index (χ3n) is 6.94. The van der Waals surface area contributed by atoms with Crippen LogP contribution in [-0.4, -0.2) is 20.5 Å². The number of fused-ring (bicyclic) bond motifs is 4. The van der Waals surface area contributed by atoms with Crippen LogP contribution in [0.5, 0.6) is 0 Å². The van der Waals surface area contributed by atoms with Gasteiger partial charge >= 0.3 is 75.7 Å². The Morgan fingerprint density at radius 3 is 0.778 bits per heavy atom. The summed E-state index contributed by atoms with van der Waals surface area (Å²) in [6.45, 7) is 11.5. The standard InChI is InChI=1S/4C9H7.C6H12.2C2H5Si.4ClH.2Zr/c4*1-2-5-9-7-3-6-8(9)4-1;1-3-5-6-4-2;2*1-2-3;;;;;;/h4*1-7H;1-6H2;2*2H2,1H3;4*1H;;/q4*-1;-2;;;;;;;2*+2/p-4. The van der Waals surface area contributed by atoms with Crippen molar-refractivity contribution in [2.45, 2.75) is 51.6 Å². The molecule has 8 heteroatoms. The molecule has 0 unspecified atom stereocenters. The molecule has 0 nitrogen and oxygen atoms in total. The molecule has 0 saturated carbocycles. The zero-order valence-electron chi connectivity index (χ0n) is 31.3. The van der Waals surface area contributed by atoms with Gasteiger partial charge in [0.1, 0.15) is 0 Å². The number of benzene rings is 4. The van der Waals surface area contributed by atoms with Gasteiger partial charge in [0.05, 0.1) is 0 Å². The van der Waals surface area contributed by atoms with E-state index in [9.17, 15) is 0 Å². The van der Waals surface area contributed by atoms with E-state index in [0.717, 1.165) is 24.9 Å². The number of unbranched alkanes of at least 4 members (excludes halogenated alkanes) is 3. The summed E-state index contributed by atoms with van der Waals surface area (Å²) in [4.78, 5) is 0. The van der Waals surface area contributed by atoms with Crippen LogP contribution in [-0.2, 0) is 41.7 Å². The summed E-state index contributed by atoms with van der Waals surface area (Å²) in [5.74, 6) is 0. The van der Waals surface area contributed by atoms with Gasteiger partial charge in [0, 0.05) is 20.5 Å². The molecule has 8 aromatic rings. The molecule has 0 fully saturated rings. The molecular weight excluding hydrogens is 933 g/mol. The molecule has 8 rings (SSSR count). The van der Waals surface area contributed by atoms with Crippen molar-refractivity contribution in [1.82, 2.24) is 0 Å². The van der Waals surface area contributed by atoms with Crippen LogP contribution < -0.4 is 0 Å². The van der Waals surface area contributed by atoms with Crippen LogP contribution in [0.15, 0.2) is 170 Å². The van der Waals surface area contributed by atoms with E-state index >= 15 is 0 Å². The molecule has 0 aliphatic heterocycles. The van der Waals surface area contributed by atoms with Gasteiger partial charge < -0.3 is 13.8 Å². The average molecular weight is 983 g/mol. The summed E-state index contributed by atoms with van der Waals surface area (Å²) < 4.78 is 0. The fourth-order valence-corrected chi connectivity index (χ4v) is 4.63. The van der Waals surface area contributed by atoms with Gasteiger partial charge in [0.15, 0.2) is 0 Å². The summed E-state index contributed by atoms with van der Waals surface area (Å²) in [7, 11) is 26.1. The van der Waals surface area contributed by atoms with Crippen LogP contribution in [0.25, 0.3) is 43.1 Å². The third kappa shape index (κ3) is 25.8. The number of hydrogen-bond acceptors (Lipinski definition) is 0. The Bertz CT molecular complexity index is 1530. The molecule has 284 valence electrons. The first-order chi connectivity index (χ1) is 26.4. The molecule has 6 radical (unpaired) electrons. The van der Waals surface area contributed by atoms with Crippen LogP contribution in [0, 0.1) is 13.8 Å². The Morgan fingerprint density at radius 1 is 0.426 bits per heavy atom. The van der Waals surface area contributed by atoms with Crippen LogP contribution in [0.4, 0.5) is 0 Å². The molecule has 0 spiro atoms. The van der Waals surface area contributed by atoms with Crippen LogP contribution in [0.1, 0.15) is 39.5 Å². The van der Waals surface area contributed by atoms with E-state index < -0.39 is 41.7 Å². The van der Waals surface area contributed by atoms with Gasteiger partial charge in [-0.2, -0.15) is 82.9 Å². The van der Waals surface area contributed by atoms with Crippen molar-refractivity contribution in [2.24, 2.45) is 0 Å². The van der Waals surface area contributed by atoms with Crippen molar-refractivity contribution in [1.29, 1.82) is 0 Å². The summed E-state index contributed by atoms with van der Waals surface area (Å²) in [6, 6.07) is 60.8. The second kappa shape index (κ2) is 38.5. The maximum absolute atomic E-state index is 4.93. The minimum atomic E-state index is -0.826. The summed E-state index contributed by atoms with van der Waals surface area (Å²) in [6.07, 6.45) is 4.61. The second-order valence-corrected chi connectivity index (χ2v) is 19.8. The average Bonchev–Trinajstić information content (AvgIpc) is 4.04. The minimum Gasteiger partial charge on any atom is -0.168 e. The van der Waals surface area contributed by atoms with Gasteiger partial charge in [-0.1, -0.05) is 63.0 Å². The Hall–Kier alpha value is -1.32. The summed E-state index contributed by atoms with van der Waals surface area (Å²) in [5.41, 5.74) is 0. The van der Waals surface area contributed by atoms with E-state index in [0.29, 0.717) is 0 Å². The first-order valence-corrected chi connectivity index (χ1v) is 31.7. The van der Waals surface area contributed by atoms with Gasteiger partial charge in [0.25, 0.3) is 0 Å². The fourth-order valence-electron chi connectivity index (χ4n) is 4.63. The molecule has 8 aromatic carbocycles. The van der Waals surface area contributed by atoms with E-state index in [1.165, 1.54) is 55.9 Å². The van der Waals surface area contributed by atoms with Crippen molar-refractivity contribution in [3.05, 3.63) is 184 Å². The first kappa shape index (κ1) is 52.7. The molecule has 54 heavy (non-hydrogen) atoms. The molecule has 0 aromatic heterocycles. The Kier molecular flexibility index (Phi) is 37.6. The molecule has 0 heterocycles. The van der Waals surface area contributed by atoms with Gasteiger partial charge in [-0.3, -0.25) is 0 Å². The molecule has 0 aliphatic carbocycles. The predicted octanol–water partition coefficient (Wildman–Crippen LogP) is 16.4. The first-order valence-electron chi connectivity index (χ1n) is 17.7. The number of rotatable bonds is 3. The molecule has 0 atom stereocenters. The fraction of sp³-hybridized carbons (Fsp3) is 0.174. The predicted molar refractivity (Wildman–Crippen MR) is 243 cm³/mol. The SMILES string of the molecule is CC[Si].CC[Si].[CH2-]CCCC[CH2-].[Cl][Zr][Cl].[Cl][Zr][Cl].c1ccc2[cH-]ccc2c1.c1ccc2[cH-]ccc2c1.c1ccc2[cH-]ccc2c1.c1ccc2[cH-]ccc2c1. The van der Waals surface area contributed by atoms with E-state index in [1.807, 2.05) is 13.8 Å². The van der Waals surface area contributed by atoms with Gasteiger partial charge in [-0.15, -0.1) is 119 Å². The molecule has 0 amide bonds. The molecular formula is C46H50Cl4Si2Zr2-6. The van der Waals surface area contributed by atoms with Crippen molar-refractivity contribution in [2.75, 3.05) is 0 Å². The van der Waals surface area contributed by atoms with Crippen molar-refractivity contribution >= 4 is 97.6 Å². The molecule has 0 bridgehead atoms. The number of halogens is 4. The summed E-state index contributed by atoms with van der Waals surface area (Å²) >= 11 is -1.65. The minimum absolute atomic E-state index is 0.826. The van der Waals surface area contributed by atoms with Crippen molar-refractivity contribution in [3.63, 3.8) is 0 Å². The normalized spacial score (nSPS) is 9.00. The largest absolute Gasteiger partial charge is 0.168 e. The van der Waals surface area contributed by atoms with Crippen LogP contribution in [0.2, 0.25) is 12.1 Å². The smallest absolute Gasteiger partial charge is 0.0809 e. The van der Waals surface area contributed by atoms with Crippen LogP contribution >= 0.6 is 34.1 Å². The van der Waals surface area contributed by atoms with Crippen molar-refractivity contribution in [3.8, 4) is 0 Å². The van der Waals surface area contributed by atoms with E-state index in [-0.39, 0.29) is 0 Å². The van der Waals surface area contributed by atoms with Gasteiger partial charge in [0.2, 0.25) is 0 Å². The monoisotopic (exact) mass is 978 g/mol. The Balaban J connectivity index is 0.000000609. The zero-order chi connectivity index (χ0) is 40.1. The summed E-state index contributed by atoms with van der Waals surface area (Å²) in [5, 5.41) is 10.6. The van der Waals surface area contributed by atoms with E-state index in [2.05, 4.69) is 204 Å². The van der Waals surface area contributed by atoms with Gasteiger partial charge in [-0.25, -0.2) is 0 Å². The maximum Gasteiger partial charge on any atom is -0.0809 e. The maximum atomic E-state index is 4.93. The van der Waals surface area contributed by atoms with E-state index in [1.54, 1.807) is 0 Å². The Labute approximate surface area is 370 Å². The Morgan fingerprint density at radius 2 is 0.611 bits per heavy atom. The van der Waals surface area contributed by atoms with Gasteiger partial charge in [-0.05, 0) is 0 Å². The zero-order valence-corrected chi connectivity index (χ0v) is 41.3. The number of hydrogen-bond donors (Lipinski definition) is 0. The molecule has 0 aliphatic rings. The second-order valence-electron chi connectivity index (χ2n) is 10.9. The molecule has 0 N–H and O–H groups in total. The topological polar surface area (TPSA) is 0 Å². The van der Waals surface area contributed by atoms with Crippen molar-refractivity contribution < 1.29 is 41.7 Å². The third-order valence-corrected chi connectivity index (χ3v) is 6.94. The molecule has 0 saturated heterocycles. The van der Waals surface area contributed by atoms with E-state index in [4.69, 9.17) is 34.1 Å².